The Kier molecular flexibility index (Phi) is 4.29. The molecule has 0 aromatic carbocycles. The smallest absolute Gasteiger partial charge is 0.239 e. The number of aromatic nitrogens is 2. The number of rotatable bonds is 4. The summed E-state index contributed by atoms with van der Waals surface area (Å²) in [5.74, 6) is 0.749. The topological polar surface area (TPSA) is 92.9 Å². The first-order valence-corrected chi connectivity index (χ1v) is 5.21. The molecule has 0 saturated heterocycles. The van der Waals surface area contributed by atoms with Crippen LogP contribution in [0, 0.1) is 0 Å². The van der Waals surface area contributed by atoms with E-state index in [1.807, 2.05) is 6.92 Å². The summed E-state index contributed by atoms with van der Waals surface area (Å²) >= 11 is 3.23. The van der Waals surface area contributed by atoms with Gasteiger partial charge in [0.25, 0.3) is 0 Å². The molecule has 0 aliphatic heterocycles. The number of carbonyl (C=O) groups excluding carboxylic acids is 1. The number of halogens is 1. The molecule has 0 radical (unpaired) electrons. The summed E-state index contributed by atoms with van der Waals surface area (Å²) in [7, 11) is 0. The van der Waals surface area contributed by atoms with Gasteiger partial charge in [0.05, 0.1) is 6.54 Å². The van der Waals surface area contributed by atoms with Crippen LogP contribution in [0.3, 0.4) is 0 Å². The Hall–Kier alpha value is -1.37. The number of anilines is 2. The second-order valence-electron chi connectivity index (χ2n) is 2.73. The molecule has 0 bridgehead atoms. The number of carbonyl (C=O) groups is 1. The van der Waals surface area contributed by atoms with E-state index >= 15 is 0 Å². The van der Waals surface area contributed by atoms with Crippen LogP contribution in [0.2, 0.25) is 0 Å². The molecular formula is C8H12BrN5O. The number of hydrogen-bond acceptors (Lipinski definition) is 5. The molecule has 1 amide bonds. The van der Waals surface area contributed by atoms with Crippen molar-refractivity contribution in [3.05, 3.63) is 10.8 Å². The van der Waals surface area contributed by atoms with Crippen molar-refractivity contribution in [2.75, 3.05) is 24.1 Å². The van der Waals surface area contributed by atoms with E-state index in [9.17, 15) is 4.79 Å². The number of amides is 1. The SMILES string of the molecule is CCNC(=O)CNc1ncnc(N)c1Br. The van der Waals surface area contributed by atoms with Gasteiger partial charge in [0.2, 0.25) is 5.91 Å². The van der Waals surface area contributed by atoms with Gasteiger partial charge in [0.15, 0.2) is 0 Å². The summed E-state index contributed by atoms with van der Waals surface area (Å²) in [6.45, 7) is 2.62. The lowest BCUT2D eigenvalue weighted by molar-refractivity contribution is -0.119. The van der Waals surface area contributed by atoms with Gasteiger partial charge in [-0.3, -0.25) is 4.79 Å². The van der Waals surface area contributed by atoms with Crippen LogP contribution >= 0.6 is 15.9 Å². The summed E-state index contributed by atoms with van der Waals surface area (Å²) in [5, 5.41) is 5.51. The lowest BCUT2D eigenvalue weighted by atomic mass is 10.5. The largest absolute Gasteiger partial charge is 0.383 e. The van der Waals surface area contributed by atoms with Gasteiger partial charge < -0.3 is 16.4 Å². The standard InChI is InChI=1S/C8H12BrN5O/c1-2-11-5(15)3-12-8-6(9)7(10)13-4-14-8/h4H,2-3H2,1H3,(H,11,15)(H3,10,12,13,14). The number of likely N-dealkylation sites (N-methyl/N-ethyl adjacent to an activating group) is 1. The van der Waals surface area contributed by atoms with Gasteiger partial charge in [0.1, 0.15) is 22.4 Å². The van der Waals surface area contributed by atoms with Crippen molar-refractivity contribution in [2.24, 2.45) is 0 Å². The zero-order valence-corrected chi connectivity index (χ0v) is 9.84. The molecule has 1 aromatic rings. The van der Waals surface area contributed by atoms with Crippen LogP contribution in [-0.4, -0.2) is 29.0 Å². The molecule has 0 saturated carbocycles. The van der Waals surface area contributed by atoms with Crippen LogP contribution < -0.4 is 16.4 Å². The first-order valence-electron chi connectivity index (χ1n) is 4.41. The van der Waals surface area contributed by atoms with Crippen LogP contribution in [0.1, 0.15) is 6.92 Å². The van der Waals surface area contributed by atoms with E-state index in [0.29, 0.717) is 22.7 Å². The Morgan fingerprint density at radius 2 is 2.33 bits per heavy atom. The van der Waals surface area contributed by atoms with E-state index in [0.717, 1.165) is 0 Å². The van der Waals surface area contributed by atoms with Gasteiger partial charge >= 0.3 is 0 Å². The van der Waals surface area contributed by atoms with Gasteiger partial charge in [-0.15, -0.1) is 0 Å². The van der Waals surface area contributed by atoms with Gasteiger partial charge in [-0.1, -0.05) is 0 Å². The van der Waals surface area contributed by atoms with Crippen molar-refractivity contribution in [3.63, 3.8) is 0 Å². The second-order valence-corrected chi connectivity index (χ2v) is 3.52. The van der Waals surface area contributed by atoms with Crippen molar-refractivity contribution in [2.45, 2.75) is 6.92 Å². The molecule has 15 heavy (non-hydrogen) atoms. The molecule has 0 unspecified atom stereocenters. The minimum Gasteiger partial charge on any atom is -0.383 e. The number of nitrogens with one attached hydrogen (secondary N) is 2. The molecule has 0 atom stereocenters. The second kappa shape index (κ2) is 5.50. The van der Waals surface area contributed by atoms with Gasteiger partial charge in [-0.25, -0.2) is 9.97 Å². The highest BCUT2D eigenvalue weighted by molar-refractivity contribution is 9.10. The Morgan fingerprint density at radius 1 is 1.60 bits per heavy atom. The minimum absolute atomic E-state index is 0.0958. The monoisotopic (exact) mass is 273 g/mol. The predicted molar refractivity (Wildman–Crippen MR) is 61.3 cm³/mol. The summed E-state index contributed by atoms with van der Waals surface area (Å²) in [6.07, 6.45) is 1.33. The Morgan fingerprint density at radius 3 is 3.00 bits per heavy atom. The predicted octanol–water partition coefficient (Wildman–Crippen LogP) is 0.369. The molecular weight excluding hydrogens is 262 g/mol. The first-order chi connectivity index (χ1) is 7.15. The third-order valence-electron chi connectivity index (χ3n) is 1.61. The maximum Gasteiger partial charge on any atom is 0.239 e. The van der Waals surface area contributed by atoms with Gasteiger partial charge in [-0.05, 0) is 22.9 Å². The van der Waals surface area contributed by atoms with Crippen LogP contribution in [0.4, 0.5) is 11.6 Å². The molecule has 82 valence electrons. The van der Waals surface area contributed by atoms with Crippen molar-refractivity contribution in [1.82, 2.24) is 15.3 Å². The molecule has 0 aliphatic carbocycles. The third-order valence-corrected chi connectivity index (χ3v) is 2.39. The molecule has 4 N–H and O–H groups in total. The number of nitrogen functional groups attached to an aromatic ring is 1. The van der Waals surface area contributed by atoms with E-state index in [1.165, 1.54) is 6.33 Å². The minimum atomic E-state index is -0.0958. The normalized spacial score (nSPS) is 9.73. The molecule has 1 heterocycles. The average molecular weight is 274 g/mol. The zero-order valence-electron chi connectivity index (χ0n) is 8.25. The maximum atomic E-state index is 11.1. The molecule has 1 rings (SSSR count). The molecule has 7 heteroatoms. The fourth-order valence-electron chi connectivity index (χ4n) is 0.930. The summed E-state index contributed by atoms with van der Waals surface area (Å²) in [4.78, 5) is 18.9. The molecule has 0 spiro atoms. The van der Waals surface area contributed by atoms with Crippen LogP contribution in [0.15, 0.2) is 10.8 Å². The first kappa shape index (κ1) is 11.7. The highest BCUT2D eigenvalue weighted by atomic mass is 79.9. The van der Waals surface area contributed by atoms with E-state index in [1.54, 1.807) is 0 Å². The highest BCUT2D eigenvalue weighted by Gasteiger charge is 2.06. The summed E-state index contributed by atoms with van der Waals surface area (Å²) in [5.41, 5.74) is 5.55. The summed E-state index contributed by atoms with van der Waals surface area (Å²) in [6, 6.07) is 0. The van der Waals surface area contributed by atoms with Crippen LogP contribution in [0.25, 0.3) is 0 Å². The molecule has 6 nitrogen and oxygen atoms in total. The lowest BCUT2D eigenvalue weighted by Crippen LogP contribution is -2.29. The average Bonchev–Trinajstić information content (AvgIpc) is 2.21. The quantitative estimate of drug-likeness (QED) is 0.737. The van der Waals surface area contributed by atoms with E-state index in [-0.39, 0.29) is 12.5 Å². The van der Waals surface area contributed by atoms with Crippen LogP contribution in [0.5, 0.6) is 0 Å². The Bertz CT molecular complexity index is 357. The zero-order chi connectivity index (χ0) is 11.3. The van der Waals surface area contributed by atoms with E-state index < -0.39 is 0 Å². The highest BCUT2D eigenvalue weighted by Crippen LogP contribution is 2.23. The van der Waals surface area contributed by atoms with Gasteiger partial charge in [-0.2, -0.15) is 0 Å². The maximum absolute atomic E-state index is 11.1. The lowest BCUT2D eigenvalue weighted by Gasteiger charge is -2.07. The fraction of sp³-hybridized carbons (Fsp3) is 0.375. The third kappa shape index (κ3) is 3.35. The molecule has 0 fully saturated rings. The van der Waals surface area contributed by atoms with Crippen molar-refractivity contribution in [3.8, 4) is 0 Å². The van der Waals surface area contributed by atoms with Crippen molar-refractivity contribution >= 4 is 33.5 Å². The molecule has 0 aliphatic rings. The van der Waals surface area contributed by atoms with Crippen LogP contribution in [-0.2, 0) is 4.79 Å². The van der Waals surface area contributed by atoms with E-state index in [2.05, 4.69) is 36.5 Å². The Labute approximate surface area is 95.8 Å². The number of nitrogens with two attached hydrogens (primary N) is 1. The Balaban J connectivity index is 2.58. The van der Waals surface area contributed by atoms with E-state index in [4.69, 9.17) is 5.73 Å². The summed E-state index contributed by atoms with van der Waals surface area (Å²) < 4.78 is 0.564. The number of hydrogen-bond donors (Lipinski definition) is 3. The fourth-order valence-corrected chi connectivity index (χ4v) is 1.28. The van der Waals surface area contributed by atoms with Crippen molar-refractivity contribution in [1.29, 1.82) is 0 Å². The van der Waals surface area contributed by atoms with Gasteiger partial charge in [0, 0.05) is 6.54 Å². The molecule has 1 aromatic heterocycles. The number of nitrogens with zero attached hydrogens (tertiary/aromatic N) is 2. The van der Waals surface area contributed by atoms with Crippen molar-refractivity contribution < 1.29 is 4.79 Å².